The van der Waals surface area contributed by atoms with Crippen LogP contribution in [-0.4, -0.2) is 59.7 Å². The van der Waals surface area contributed by atoms with Gasteiger partial charge in [0.2, 0.25) is 0 Å². The number of aromatic nitrogens is 1. The molecule has 0 radical (unpaired) electrons. The molecule has 1 aliphatic heterocycles. The smallest absolute Gasteiger partial charge is 0.265 e. The molecule has 1 aromatic heterocycles. The van der Waals surface area contributed by atoms with Crippen molar-refractivity contribution in [1.29, 1.82) is 0 Å². The molecule has 27 heavy (non-hydrogen) atoms. The van der Waals surface area contributed by atoms with Gasteiger partial charge in [0.15, 0.2) is 0 Å². The molecular formula is C21H29N3OS2. The molecule has 1 aromatic carbocycles. The molecule has 1 aliphatic rings. The summed E-state index contributed by atoms with van der Waals surface area (Å²) in [5.74, 6) is 0.148. The van der Waals surface area contributed by atoms with Crippen molar-refractivity contribution >= 4 is 29.0 Å². The average molecular weight is 404 g/mol. The van der Waals surface area contributed by atoms with Crippen molar-refractivity contribution in [3.63, 3.8) is 0 Å². The summed E-state index contributed by atoms with van der Waals surface area (Å²) in [5.41, 5.74) is 1.94. The van der Waals surface area contributed by atoms with Gasteiger partial charge < -0.3 is 9.80 Å². The van der Waals surface area contributed by atoms with Gasteiger partial charge in [-0.3, -0.25) is 4.79 Å². The molecule has 0 spiro atoms. The van der Waals surface area contributed by atoms with Gasteiger partial charge in [-0.05, 0) is 51.2 Å². The van der Waals surface area contributed by atoms with Crippen molar-refractivity contribution < 1.29 is 4.79 Å². The first-order valence-electron chi connectivity index (χ1n) is 9.76. The van der Waals surface area contributed by atoms with E-state index in [-0.39, 0.29) is 5.91 Å². The fraction of sp³-hybridized carbons (Fsp3) is 0.524. The molecule has 2 heterocycles. The van der Waals surface area contributed by atoms with Gasteiger partial charge in [0.1, 0.15) is 9.88 Å². The highest BCUT2D eigenvalue weighted by molar-refractivity contribution is 7.98. The highest BCUT2D eigenvalue weighted by atomic mass is 32.2. The first kappa shape index (κ1) is 20.4. The van der Waals surface area contributed by atoms with E-state index in [1.54, 1.807) is 11.8 Å². The third-order valence-electron chi connectivity index (χ3n) is 5.01. The summed E-state index contributed by atoms with van der Waals surface area (Å²) in [7, 11) is 0. The molecule has 0 N–H and O–H groups in total. The van der Waals surface area contributed by atoms with Gasteiger partial charge in [-0.1, -0.05) is 25.5 Å². The lowest BCUT2D eigenvalue weighted by atomic mass is 10.2. The molecule has 2 aromatic rings. The topological polar surface area (TPSA) is 36.4 Å². The van der Waals surface area contributed by atoms with Crippen LogP contribution < -0.4 is 0 Å². The SMILES string of the molecule is CCCCN1CCCN(C(=O)c2sc(-c3cccc(SC)c3)nc2C)CC1. The quantitative estimate of drug-likeness (QED) is 0.650. The van der Waals surface area contributed by atoms with E-state index in [1.165, 1.54) is 29.1 Å². The van der Waals surface area contributed by atoms with E-state index in [0.29, 0.717) is 0 Å². The third kappa shape index (κ3) is 5.12. The zero-order valence-electron chi connectivity index (χ0n) is 16.5. The van der Waals surface area contributed by atoms with Crippen LogP contribution in [0.2, 0.25) is 0 Å². The fourth-order valence-electron chi connectivity index (χ4n) is 3.40. The Morgan fingerprint density at radius 1 is 1.26 bits per heavy atom. The van der Waals surface area contributed by atoms with E-state index >= 15 is 0 Å². The Morgan fingerprint density at radius 3 is 2.89 bits per heavy atom. The van der Waals surface area contributed by atoms with Crippen LogP contribution in [0.1, 0.15) is 41.6 Å². The molecule has 4 nitrogen and oxygen atoms in total. The third-order valence-corrected chi connectivity index (χ3v) is 6.93. The van der Waals surface area contributed by atoms with Gasteiger partial charge in [0, 0.05) is 30.1 Å². The summed E-state index contributed by atoms with van der Waals surface area (Å²) in [5, 5.41) is 0.936. The van der Waals surface area contributed by atoms with Crippen molar-refractivity contribution in [2.24, 2.45) is 0 Å². The van der Waals surface area contributed by atoms with Crippen LogP contribution in [0.4, 0.5) is 0 Å². The number of aryl methyl sites for hydroxylation is 1. The zero-order chi connectivity index (χ0) is 19.2. The number of unbranched alkanes of at least 4 members (excludes halogenated alkanes) is 1. The second-order valence-electron chi connectivity index (χ2n) is 7.01. The molecule has 6 heteroatoms. The first-order chi connectivity index (χ1) is 13.1. The van der Waals surface area contributed by atoms with E-state index < -0.39 is 0 Å². The highest BCUT2D eigenvalue weighted by Gasteiger charge is 2.24. The monoisotopic (exact) mass is 403 g/mol. The predicted molar refractivity (Wildman–Crippen MR) is 116 cm³/mol. The molecule has 0 aliphatic carbocycles. The Bertz CT molecular complexity index is 775. The van der Waals surface area contributed by atoms with E-state index in [9.17, 15) is 4.79 Å². The molecule has 0 unspecified atom stereocenters. The van der Waals surface area contributed by atoms with Crippen molar-refractivity contribution in [3.05, 3.63) is 34.8 Å². The minimum absolute atomic E-state index is 0.148. The maximum Gasteiger partial charge on any atom is 0.265 e. The number of carbonyl (C=O) groups is 1. The van der Waals surface area contributed by atoms with Gasteiger partial charge in [0.05, 0.1) is 5.69 Å². The molecule has 1 amide bonds. The number of nitrogens with zero attached hydrogens (tertiary/aromatic N) is 3. The summed E-state index contributed by atoms with van der Waals surface area (Å²) in [6, 6.07) is 8.37. The molecule has 0 saturated carbocycles. The van der Waals surface area contributed by atoms with Crippen LogP contribution >= 0.6 is 23.1 Å². The first-order valence-corrected chi connectivity index (χ1v) is 11.8. The maximum absolute atomic E-state index is 13.1. The normalized spacial score (nSPS) is 15.7. The summed E-state index contributed by atoms with van der Waals surface area (Å²) in [6.07, 6.45) is 5.58. The minimum Gasteiger partial charge on any atom is -0.337 e. The van der Waals surface area contributed by atoms with Gasteiger partial charge >= 0.3 is 0 Å². The molecule has 0 bridgehead atoms. The molecule has 3 rings (SSSR count). The Balaban J connectivity index is 1.72. The number of thiazole rings is 1. The molecule has 0 atom stereocenters. The molecule has 1 saturated heterocycles. The number of hydrogen-bond donors (Lipinski definition) is 0. The van der Waals surface area contributed by atoms with E-state index in [0.717, 1.165) is 60.3 Å². The van der Waals surface area contributed by atoms with E-state index in [2.05, 4.69) is 42.3 Å². The Morgan fingerprint density at radius 2 is 2.11 bits per heavy atom. The summed E-state index contributed by atoms with van der Waals surface area (Å²) in [6.45, 7) is 9.06. The highest BCUT2D eigenvalue weighted by Crippen LogP contribution is 2.31. The minimum atomic E-state index is 0.148. The maximum atomic E-state index is 13.1. The van der Waals surface area contributed by atoms with Crippen molar-refractivity contribution in [2.45, 2.75) is 38.0 Å². The summed E-state index contributed by atoms with van der Waals surface area (Å²) < 4.78 is 0. The molecule has 1 fully saturated rings. The van der Waals surface area contributed by atoms with Crippen LogP contribution in [0.5, 0.6) is 0 Å². The van der Waals surface area contributed by atoms with Gasteiger partial charge in [-0.2, -0.15) is 0 Å². The van der Waals surface area contributed by atoms with Gasteiger partial charge in [0.25, 0.3) is 5.91 Å². The van der Waals surface area contributed by atoms with E-state index in [4.69, 9.17) is 4.98 Å². The van der Waals surface area contributed by atoms with Crippen molar-refractivity contribution in [2.75, 3.05) is 39.0 Å². The number of benzene rings is 1. The Hall–Kier alpha value is -1.37. The lowest BCUT2D eigenvalue weighted by molar-refractivity contribution is 0.0765. The van der Waals surface area contributed by atoms with Crippen LogP contribution in [0, 0.1) is 6.92 Å². The molecular weight excluding hydrogens is 374 g/mol. The number of thioether (sulfide) groups is 1. The van der Waals surface area contributed by atoms with Crippen LogP contribution in [0.25, 0.3) is 10.6 Å². The van der Waals surface area contributed by atoms with Crippen LogP contribution in [-0.2, 0) is 0 Å². The van der Waals surface area contributed by atoms with E-state index in [1.807, 2.05) is 11.8 Å². The fourth-order valence-corrected chi connectivity index (χ4v) is 4.89. The lowest BCUT2D eigenvalue weighted by Gasteiger charge is -2.21. The standard InChI is InChI=1S/C21H29N3OS2/c1-4-5-10-23-11-7-12-24(14-13-23)21(25)19-16(2)22-20(27-19)17-8-6-9-18(15-17)26-3/h6,8-9,15H,4-5,7,10-14H2,1-3H3. The molecule has 146 valence electrons. The second kappa shape index (κ2) is 9.71. The van der Waals surface area contributed by atoms with Crippen molar-refractivity contribution in [1.82, 2.24) is 14.8 Å². The summed E-state index contributed by atoms with van der Waals surface area (Å²) >= 11 is 3.25. The summed E-state index contributed by atoms with van der Waals surface area (Å²) in [4.78, 5) is 24.4. The number of amides is 1. The predicted octanol–water partition coefficient (Wildman–Crippen LogP) is 4.79. The van der Waals surface area contributed by atoms with Crippen LogP contribution in [0.15, 0.2) is 29.2 Å². The van der Waals surface area contributed by atoms with Gasteiger partial charge in [-0.15, -0.1) is 23.1 Å². The number of hydrogen-bond acceptors (Lipinski definition) is 5. The average Bonchev–Trinajstić information content (AvgIpc) is 2.93. The number of carbonyl (C=O) groups excluding carboxylic acids is 1. The van der Waals surface area contributed by atoms with Crippen molar-refractivity contribution in [3.8, 4) is 10.6 Å². The second-order valence-corrected chi connectivity index (χ2v) is 8.89. The Kier molecular flexibility index (Phi) is 7.33. The van der Waals surface area contributed by atoms with Gasteiger partial charge in [-0.25, -0.2) is 4.98 Å². The number of rotatable bonds is 6. The lowest BCUT2D eigenvalue weighted by Crippen LogP contribution is -2.35. The largest absolute Gasteiger partial charge is 0.337 e. The van der Waals surface area contributed by atoms with Crippen LogP contribution in [0.3, 0.4) is 0 Å². The zero-order valence-corrected chi connectivity index (χ0v) is 18.2. The Labute approximate surface area is 171 Å².